The van der Waals surface area contributed by atoms with Crippen LogP contribution in [0.15, 0.2) is 24.3 Å². The summed E-state index contributed by atoms with van der Waals surface area (Å²) in [6.45, 7) is -0.493. The monoisotopic (exact) mass is 288 g/mol. The zero-order valence-corrected chi connectivity index (χ0v) is 10.9. The van der Waals surface area contributed by atoms with E-state index in [1.807, 2.05) is 0 Å². The summed E-state index contributed by atoms with van der Waals surface area (Å²) in [5.74, 6) is 1.04. The Balaban J connectivity index is 2.06. The fourth-order valence-corrected chi connectivity index (χ4v) is 1.95. The number of methoxy groups -OCH3 is 1. The largest absolute Gasteiger partial charge is 0.497 e. The lowest BCUT2D eigenvalue weighted by molar-refractivity contribution is -0.277. The Bertz CT molecular complexity index is 419. The van der Waals surface area contributed by atoms with E-state index in [0.717, 1.165) is 0 Å². The van der Waals surface area contributed by atoms with E-state index >= 15 is 0 Å². The lowest BCUT2D eigenvalue weighted by Gasteiger charge is -2.39. The molecule has 112 valence electrons. The van der Waals surface area contributed by atoms with Crippen LogP contribution in [0.2, 0.25) is 0 Å². The first-order chi connectivity index (χ1) is 9.56. The minimum atomic E-state index is -1.45. The van der Waals surface area contributed by atoms with E-state index in [2.05, 4.69) is 0 Å². The number of hydrogen-bond acceptors (Lipinski definition) is 7. The van der Waals surface area contributed by atoms with Crippen LogP contribution in [0, 0.1) is 0 Å². The second-order valence-electron chi connectivity index (χ2n) is 4.49. The summed E-state index contributed by atoms with van der Waals surface area (Å²) in [4.78, 5) is 0. The summed E-state index contributed by atoms with van der Waals surface area (Å²) in [6.07, 6.45) is -6.44. The highest BCUT2D eigenvalue weighted by molar-refractivity contribution is 5.31. The highest BCUT2D eigenvalue weighted by Gasteiger charge is 2.44. The maximum absolute atomic E-state index is 9.82. The molecular weight excluding hydrogens is 270 g/mol. The van der Waals surface area contributed by atoms with Crippen molar-refractivity contribution in [2.45, 2.75) is 30.7 Å². The maximum atomic E-state index is 9.82. The first kappa shape index (κ1) is 15.0. The van der Waals surface area contributed by atoms with Gasteiger partial charge < -0.3 is 34.6 Å². The van der Waals surface area contributed by atoms with Crippen molar-refractivity contribution in [3.05, 3.63) is 24.3 Å². The number of benzene rings is 1. The van der Waals surface area contributed by atoms with E-state index < -0.39 is 37.3 Å². The molecule has 0 saturated carbocycles. The van der Waals surface area contributed by atoms with E-state index in [4.69, 9.17) is 19.3 Å². The molecule has 1 aliphatic rings. The number of hydrogen-bond donors (Lipinski definition) is 4. The van der Waals surface area contributed by atoms with Gasteiger partial charge in [0, 0.05) is 0 Å². The molecule has 4 N–H and O–H groups in total. The van der Waals surface area contributed by atoms with Crippen molar-refractivity contribution in [3.63, 3.8) is 0 Å². The van der Waals surface area contributed by atoms with Crippen molar-refractivity contribution in [2.75, 3.05) is 13.7 Å². The van der Waals surface area contributed by atoms with Gasteiger partial charge in [0.25, 0.3) is 0 Å². The van der Waals surface area contributed by atoms with Crippen molar-refractivity contribution >= 4 is 0 Å². The first-order valence-electron chi connectivity index (χ1n) is 6.18. The Labute approximate surface area is 115 Å². The summed E-state index contributed by atoms with van der Waals surface area (Å²) in [5.41, 5.74) is 0. The third kappa shape index (κ3) is 3.02. The molecule has 7 nitrogen and oxygen atoms in total. The van der Waals surface area contributed by atoms with Crippen molar-refractivity contribution in [3.8, 4) is 11.5 Å². The fourth-order valence-electron chi connectivity index (χ4n) is 1.95. The van der Waals surface area contributed by atoms with Crippen LogP contribution in [0.25, 0.3) is 0 Å². The molecule has 0 unspecified atom stereocenters. The summed E-state index contributed by atoms with van der Waals surface area (Å²) in [5, 5.41) is 38.2. The molecule has 1 aromatic carbocycles. The maximum Gasteiger partial charge on any atom is 0.229 e. The molecule has 0 aromatic heterocycles. The fraction of sp³-hybridized carbons (Fsp3) is 0.538. The Kier molecular flexibility index (Phi) is 4.79. The second kappa shape index (κ2) is 6.38. The lowest BCUT2D eigenvalue weighted by Crippen LogP contribution is -2.60. The first-order valence-corrected chi connectivity index (χ1v) is 6.18. The summed E-state index contributed by atoms with van der Waals surface area (Å²) in [6, 6.07) is 6.55. The second-order valence-corrected chi connectivity index (χ2v) is 4.49. The third-order valence-electron chi connectivity index (χ3n) is 3.16. The molecule has 1 fully saturated rings. The Morgan fingerprint density at radius 1 is 1.00 bits per heavy atom. The average molecular weight is 288 g/mol. The molecule has 0 spiro atoms. The number of aliphatic hydroxyl groups excluding tert-OH is 4. The zero-order valence-electron chi connectivity index (χ0n) is 10.9. The van der Waals surface area contributed by atoms with Crippen molar-refractivity contribution in [1.82, 2.24) is 0 Å². The average Bonchev–Trinajstić information content (AvgIpc) is 2.48. The van der Waals surface area contributed by atoms with Crippen LogP contribution in [0.3, 0.4) is 0 Å². The molecule has 1 saturated heterocycles. The van der Waals surface area contributed by atoms with Crippen LogP contribution in [0.1, 0.15) is 0 Å². The van der Waals surface area contributed by atoms with Gasteiger partial charge in [0.05, 0.1) is 13.7 Å². The van der Waals surface area contributed by atoms with Gasteiger partial charge >= 0.3 is 0 Å². The molecule has 0 aliphatic carbocycles. The summed E-state index contributed by atoms with van der Waals surface area (Å²) < 4.78 is 15.6. The molecule has 1 aliphatic heterocycles. The predicted octanol–water partition coefficient (Wildman–Crippen LogP) is -1.13. The highest BCUT2D eigenvalue weighted by Crippen LogP contribution is 2.25. The van der Waals surface area contributed by atoms with Crippen molar-refractivity contribution in [1.29, 1.82) is 0 Å². The quantitative estimate of drug-likeness (QED) is 0.555. The van der Waals surface area contributed by atoms with Crippen LogP contribution < -0.4 is 9.47 Å². The third-order valence-corrected chi connectivity index (χ3v) is 3.16. The summed E-state index contributed by atoms with van der Waals surface area (Å²) >= 11 is 0. The van der Waals surface area contributed by atoms with Gasteiger partial charge in [0.2, 0.25) is 6.29 Å². The highest BCUT2D eigenvalue weighted by atomic mass is 16.7. The number of ether oxygens (including phenoxy) is 3. The Morgan fingerprint density at radius 3 is 2.15 bits per heavy atom. The van der Waals surface area contributed by atoms with Gasteiger partial charge in [0.1, 0.15) is 35.9 Å². The SMILES string of the molecule is [14CH3]Oc1ccc(O[C@H]2O[C@H](CO)[C@@H](O)[C@H](O)[C@H]2O)cc1. The number of rotatable bonds is 4. The van der Waals surface area contributed by atoms with E-state index in [1.165, 1.54) is 7.11 Å². The minimum absolute atomic E-state index is 0.398. The van der Waals surface area contributed by atoms with E-state index in [1.54, 1.807) is 24.3 Å². The van der Waals surface area contributed by atoms with E-state index in [9.17, 15) is 15.3 Å². The van der Waals surface area contributed by atoms with Gasteiger partial charge in [-0.05, 0) is 24.3 Å². The van der Waals surface area contributed by atoms with Gasteiger partial charge in [-0.25, -0.2) is 0 Å². The van der Waals surface area contributed by atoms with E-state index in [-0.39, 0.29) is 0 Å². The Hall–Kier alpha value is -1.38. The standard InChI is InChI=1S/C13H18O7/c1-18-7-2-4-8(5-3-7)19-13-12(17)11(16)10(15)9(6-14)20-13/h2-5,9-17H,6H2,1H3/t9-,10-,11+,12-,13+/m1/s1/i1+2. The smallest absolute Gasteiger partial charge is 0.229 e. The normalized spacial score (nSPS) is 33.8. The molecule has 0 radical (unpaired) electrons. The van der Waals surface area contributed by atoms with Crippen molar-refractivity contribution in [2.24, 2.45) is 0 Å². The molecule has 1 aromatic rings. The van der Waals surface area contributed by atoms with Crippen LogP contribution in [0.4, 0.5) is 0 Å². The van der Waals surface area contributed by atoms with Gasteiger partial charge in [-0.3, -0.25) is 0 Å². The molecule has 2 rings (SSSR count). The molecule has 7 heteroatoms. The van der Waals surface area contributed by atoms with Crippen LogP contribution in [-0.4, -0.2) is 64.8 Å². The minimum Gasteiger partial charge on any atom is -0.497 e. The van der Waals surface area contributed by atoms with Crippen molar-refractivity contribution < 1.29 is 34.6 Å². The molecular formula is C13H18O7. The van der Waals surface area contributed by atoms with Gasteiger partial charge in [-0.2, -0.15) is 0 Å². The van der Waals surface area contributed by atoms with Gasteiger partial charge in [0.15, 0.2) is 0 Å². The molecule has 20 heavy (non-hydrogen) atoms. The van der Waals surface area contributed by atoms with Crippen LogP contribution in [-0.2, 0) is 4.74 Å². The molecule has 0 amide bonds. The molecule has 5 atom stereocenters. The predicted molar refractivity (Wildman–Crippen MR) is 67.4 cm³/mol. The van der Waals surface area contributed by atoms with Gasteiger partial charge in [-0.15, -0.1) is 0 Å². The molecule has 1 heterocycles. The summed E-state index contributed by atoms with van der Waals surface area (Å²) in [7, 11) is 1.54. The van der Waals surface area contributed by atoms with Gasteiger partial charge in [-0.1, -0.05) is 0 Å². The molecule has 0 bridgehead atoms. The van der Waals surface area contributed by atoms with Crippen LogP contribution >= 0.6 is 0 Å². The van der Waals surface area contributed by atoms with E-state index in [0.29, 0.717) is 11.5 Å². The topological polar surface area (TPSA) is 109 Å². The van der Waals surface area contributed by atoms with Crippen LogP contribution in [0.5, 0.6) is 11.5 Å². The lowest BCUT2D eigenvalue weighted by atomic mass is 9.99. The number of aliphatic hydroxyl groups is 4. The Morgan fingerprint density at radius 2 is 1.60 bits per heavy atom. The zero-order chi connectivity index (χ0) is 14.7.